The van der Waals surface area contributed by atoms with Crippen LogP contribution in [-0.4, -0.2) is 17.4 Å². The molecule has 1 heterocycles. The number of carbonyl (C=O) groups excluding carboxylic acids is 1. The van der Waals surface area contributed by atoms with Crippen LogP contribution in [-0.2, 0) is 11.3 Å². The number of benzene rings is 1. The van der Waals surface area contributed by atoms with Gasteiger partial charge in [0.05, 0.1) is 0 Å². The van der Waals surface area contributed by atoms with Gasteiger partial charge in [0.15, 0.2) is 0 Å². The van der Waals surface area contributed by atoms with Crippen molar-refractivity contribution in [3.63, 3.8) is 0 Å². The van der Waals surface area contributed by atoms with E-state index in [9.17, 15) is 4.79 Å². The van der Waals surface area contributed by atoms with Crippen LogP contribution in [0.3, 0.4) is 0 Å². The highest BCUT2D eigenvalue weighted by atomic mass is 32.2. The second-order valence-electron chi connectivity index (χ2n) is 4.62. The lowest BCUT2D eigenvalue weighted by molar-refractivity contribution is -0.124. The summed E-state index contributed by atoms with van der Waals surface area (Å²) in [4.78, 5) is 11.9. The Balaban J connectivity index is 1.81. The minimum Gasteiger partial charge on any atom is -0.352 e. The number of nitrogens with one attached hydrogen (secondary N) is 1. The number of hydrogen-bond acceptors (Lipinski definition) is 2. The summed E-state index contributed by atoms with van der Waals surface area (Å²) in [5.41, 5.74) is 2.43. The van der Waals surface area contributed by atoms with E-state index in [0.29, 0.717) is 6.54 Å². The minimum absolute atomic E-state index is 0.220. The van der Waals surface area contributed by atoms with Gasteiger partial charge < -0.3 is 5.32 Å². The quantitative estimate of drug-likeness (QED) is 0.892. The summed E-state index contributed by atoms with van der Waals surface area (Å²) >= 11 is 1.89. The molecule has 1 unspecified atom stereocenters. The molecule has 0 spiro atoms. The van der Waals surface area contributed by atoms with Gasteiger partial charge >= 0.3 is 0 Å². The molecule has 1 aromatic rings. The normalized spacial score (nSPS) is 19.9. The standard InChI is InChI=1S/C14H19NOS/c1-11-4-6-12(7-5-11)9-15-14(16)13-3-2-8-17-10-13/h4-7,13H,2-3,8-10H2,1H3,(H,15,16). The van der Waals surface area contributed by atoms with Gasteiger partial charge in [-0.25, -0.2) is 0 Å². The molecule has 2 nitrogen and oxygen atoms in total. The van der Waals surface area contributed by atoms with Crippen molar-refractivity contribution in [2.45, 2.75) is 26.3 Å². The average molecular weight is 249 g/mol. The van der Waals surface area contributed by atoms with Crippen LogP contribution in [0.4, 0.5) is 0 Å². The third-order valence-electron chi connectivity index (χ3n) is 3.12. The Morgan fingerprint density at radius 2 is 2.18 bits per heavy atom. The van der Waals surface area contributed by atoms with E-state index in [0.717, 1.165) is 12.2 Å². The first-order chi connectivity index (χ1) is 8.25. The lowest BCUT2D eigenvalue weighted by atomic mass is 10.0. The number of rotatable bonds is 3. The fourth-order valence-corrected chi connectivity index (χ4v) is 3.13. The predicted octanol–water partition coefficient (Wildman–Crippen LogP) is 2.75. The summed E-state index contributed by atoms with van der Waals surface area (Å²) in [7, 11) is 0. The molecule has 1 atom stereocenters. The van der Waals surface area contributed by atoms with E-state index in [1.54, 1.807) is 0 Å². The third-order valence-corrected chi connectivity index (χ3v) is 4.33. The van der Waals surface area contributed by atoms with Crippen molar-refractivity contribution in [3.05, 3.63) is 35.4 Å². The molecular formula is C14H19NOS. The molecule has 1 N–H and O–H groups in total. The number of carbonyl (C=O) groups is 1. The van der Waals surface area contributed by atoms with Crippen LogP contribution in [0.5, 0.6) is 0 Å². The second-order valence-corrected chi connectivity index (χ2v) is 5.77. The smallest absolute Gasteiger partial charge is 0.224 e. The fourth-order valence-electron chi connectivity index (χ4n) is 1.99. The number of hydrogen-bond donors (Lipinski definition) is 1. The maximum Gasteiger partial charge on any atom is 0.224 e. The van der Waals surface area contributed by atoms with Crippen LogP contribution in [0.1, 0.15) is 24.0 Å². The van der Waals surface area contributed by atoms with Crippen LogP contribution in [0.2, 0.25) is 0 Å². The van der Waals surface area contributed by atoms with E-state index in [-0.39, 0.29) is 11.8 Å². The molecule has 0 bridgehead atoms. The molecule has 17 heavy (non-hydrogen) atoms. The van der Waals surface area contributed by atoms with E-state index in [1.165, 1.54) is 23.3 Å². The van der Waals surface area contributed by atoms with Crippen molar-refractivity contribution in [2.75, 3.05) is 11.5 Å². The average Bonchev–Trinajstić information content (AvgIpc) is 2.39. The van der Waals surface area contributed by atoms with Gasteiger partial charge in [0.25, 0.3) is 0 Å². The van der Waals surface area contributed by atoms with Crippen molar-refractivity contribution in [1.82, 2.24) is 5.32 Å². The monoisotopic (exact) mass is 249 g/mol. The fraction of sp³-hybridized carbons (Fsp3) is 0.500. The first kappa shape index (κ1) is 12.5. The lowest BCUT2D eigenvalue weighted by Crippen LogP contribution is -2.33. The van der Waals surface area contributed by atoms with E-state index >= 15 is 0 Å². The molecule has 0 radical (unpaired) electrons. The van der Waals surface area contributed by atoms with Gasteiger partial charge in [0.1, 0.15) is 0 Å². The van der Waals surface area contributed by atoms with Gasteiger partial charge in [0.2, 0.25) is 5.91 Å². The topological polar surface area (TPSA) is 29.1 Å². The summed E-state index contributed by atoms with van der Waals surface area (Å²) in [5, 5.41) is 3.04. The second kappa shape index (κ2) is 6.10. The van der Waals surface area contributed by atoms with Crippen LogP contribution >= 0.6 is 11.8 Å². The molecule has 1 aliphatic rings. The zero-order chi connectivity index (χ0) is 12.1. The van der Waals surface area contributed by atoms with Crippen LogP contribution in [0.15, 0.2) is 24.3 Å². The Bertz CT molecular complexity index is 368. The first-order valence-electron chi connectivity index (χ1n) is 6.17. The Morgan fingerprint density at radius 3 is 2.82 bits per heavy atom. The lowest BCUT2D eigenvalue weighted by Gasteiger charge is -2.20. The Hall–Kier alpha value is -0.960. The van der Waals surface area contributed by atoms with E-state index < -0.39 is 0 Å². The summed E-state index contributed by atoms with van der Waals surface area (Å²) in [5.74, 6) is 2.64. The molecule has 0 saturated carbocycles. The minimum atomic E-state index is 0.220. The van der Waals surface area contributed by atoms with E-state index in [2.05, 4.69) is 36.5 Å². The van der Waals surface area contributed by atoms with Crippen molar-refractivity contribution in [3.8, 4) is 0 Å². The molecule has 0 aliphatic carbocycles. The highest BCUT2D eigenvalue weighted by Crippen LogP contribution is 2.22. The summed E-state index contributed by atoms with van der Waals surface area (Å²) in [6.07, 6.45) is 2.22. The Labute approximate surface area is 107 Å². The highest BCUT2D eigenvalue weighted by molar-refractivity contribution is 7.99. The zero-order valence-electron chi connectivity index (χ0n) is 10.2. The summed E-state index contributed by atoms with van der Waals surface area (Å²) < 4.78 is 0. The van der Waals surface area contributed by atoms with Crippen molar-refractivity contribution in [1.29, 1.82) is 0 Å². The van der Waals surface area contributed by atoms with Gasteiger partial charge in [0, 0.05) is 18.2 Å². The summed E-state index contributed by atoms with van der Waals surface area (Å²) in [6, 6.07) is 8.31. The zero-order valence-corrected chi connectivity index (χ0v) is 11.1. The van der Waals surface area contributed by atoms with Crippen molar-refractivity contribution >= 4 is 17.7 Å². The van der Waals surface area contributed by atoms with Gasteiger partial charge in [-0.05, 0) is 31.1 Å². The molecule has 3 heteroatoms. The summed E-state index contributed by atoms with van der Waals surface area (Å²) in [6.45, 7) is 2.72. The number of aryl methyl sites for hydroxylation is 1. The molecule has 0 aromatic heterocycles. The first-order valence-corrected chi connectivity index (χ1v) is 7.32. The van der Waals surface area contributed by atoms with Gasteiger partial charge in [-0.2, -0.15) is 11.8 Å². The highest BCUT2D eigenvalue weighted by Gasteiger charge is 2.20. The third kappa shape index (κ3) is 3.77. The number of amides is 1. The van der Waals surface area contributed by atoms with Gasteiger partial charge in [-0.15, -0.1) is 0 Å². The van der Waals surface area contributed by atoms with Crippen LogP contribution in [0, 0.1) is 12.8 Å². The van der Waals surface area contributed by atoms with Gasteiger partial charge in [-0.1, -0.05) is 29.8 Å². The van der Waals surface area contributed by atoms with Crippen LogP contribution in [0.25, 0.3) is 0 Å². The molecule has 1 fully saturated rings. The molecule has 1 aliphatic heterocycles. The molecule has 1 saturated heterocycles. The van der Waals surface area contributed by atoms with E-state index in [4.69, 9.17) is 0 Å². The SMILES string of the molecule is Cc1ccc(CNC(=O)C2CCCSC2)cc1. The number of thioether (sulfide) groups is 1. The predicted molar refractivity (Wildman–Crippen MR) is 73.1 cm³/mol. The molecule has 2 rings (SSSR count). The molecular weight excluding hydrogens is 230 g/mol. The Kier molecular flexibility index (Phi) is 4.49. The largest absolute Gasteiger partial charge is 0.352 e. The molecule has 1 aromatic carbocycles. The maximum atomic E-state index is 11.9. The van der Waals surface area contributed by atoms with E-state index in [1.807, 2.05) is 11.8 Å². The molecule has 1 amide bonds. The maximum absolute atomic E-state index is 11.9. The van der Waals surface area contributed by atoms with Crippen molar-refractivity contribution < 1.29 is 4.79 Å². The van der Waals surface area contributed by atoms with Crippen molar-refractivity contribution in [2.24, 2.45) is 5.92 Å². The van der Waals surface area contributed by atoms with Gasteiger partial charge in [-0.3, -0.25) is 4.79 Å². The van der Waals surface area contributed by atoms with Crippen LogP contribution < -0.4 is 5.32 Å². The molecule has 92 valence electrons. The Morgan fingerprint density at radius 1 is 1.41 bits per heavy atom.